The molecular formula is C19H16N6O. The molecule has 2 aromatic carbocycles. The Morgan fingerprint density at radius 3 is 2.77 bits per heavy atom. The second-order valence-electron chi connectivity index (χ2n) is 5.68. The molecule has 2 N–H and O–H groups in total. The van der Waals surface area contributed by atoms with Crippen LogP contribution in [-0.4, -0.2) is 30.9 Å². The van der Waals surface area contributed by atoms with Crippen LogP contribution in [0.2, 0.25) is 0 Å². The lowest BCUT2D eigenvalue weighted by Crippen LogP contribution is -2.23. The van der Waals surface area contributed by atoms with Crippen LogP contribution in [0.3, 0.4) is 0 Å². The van der Waals surface area contributed by atoms with E-state index in [1.165, 1.54) is 6.33 Å². The maximum Gasteiger partial charge on any atom is 0.251 e. The van der Waals surface area contributed by atoms with Crippen LogP contribution < -0.4 is 5.32 Å². The van der Waals surface area contributed by atoms with Crippen molar-refractivity contribution in [2.24, 2.45) is 0 Å². The number of carbonyl (C=O) groups excluding carboxylic acids is 1. The summed E-state index contributed by atoms with van der Waals surface area (Å²) in [5, 5.41) is 14.0. The van der Waals surface area contributed by atoms with Gasteiger partial charge in [-0.25, -0.2) is 9.67 Å². The number of nitrogens with zero attached hydrogens (tertiary/aromatic N) is 4. The fourth-order valence-electron chi connectivity index (χ4n) is 2.61. The molecule has 7 heteroatoms. The summed E-state index contributed by atoms with van der Waals surface area (Å²) in [5.74, 6) is 0.460. The minimum Gasteiger partial charge on any atom is -0.346 e. The van der Waals surface area contributed by atoms with Crippen molar-refractivity contribution < 1.29 is 4.79 Å². The Labute approximate surface area is 149 Å². The van der Waals surface area contributed by atoms with Gasteiger partial charge >= 0.3 is 0 Å². The lowest BCUT2D eigenvalue weighted by Gasteiger charge is -2.05. The highest BCUT2D eigenvalue weighted by Crippen LogP contribution is 2.15. The molecule has 0 aliphatic heterocycles. The molecule has 0 saturated carbocycles. The highest BCUT2D eigenvalue weighted by Gasteiger charge is 2.09. The molecule has 0 spiro atoms. The Morgan fingerprint density at radius 1 is 1.08 bits per heavy atom. The molecule has 0 fully saturated rings. The van der Waals surface area contributed by atoms with Crippen LogP contribution >= 0.6 is 0 Å². The van der Waals surface area contributed by atoms with Gasteiger partial charge in [0.2, 0.25) is 0 Å². The van der Waals surface area contributed by atoms with E-state index in [2.05, 4.69) is 25.6 Å². The minimum atomic E-state index is -0.166. The van der Waals surface area contributed by atoms with Gasteiger partial charge in [-0.2, -0.15) is 10.2 Å². The smallest absolute Gasteiger partial charge is 0.251 e. The van der Waals surface area contributed by atoms with E-state index in [4.69, 9.17) is 0 Å². The van der Waals surface area contributed by atoms with Crippen molar-refractivity contribution in [3.05, 3.63) is 84.4 Å². The molecule has 4 aromatic rings. The number of amides is 1. The fourth-order valence-corrected chi connectivity index (χ4v) is 2.61. The van der Waals surface area contributed by atoms with Gasteiger partial charge in [0.1, 0.15) is 6.33 Å². The molecule has 2 heterocycles. The number of para-hydroxylation sites is 1. The highest BCUT2D eigenvalue weighted by molar-refractivity contribution is 5.95. The molecule has 0 bridgehead atoms. The number of aromatic nitrogens is 5. The van der Waals surface area contributed by atoms with Gasteiger partial charge in [-0.1, -0.05) is 30.3 Å². The predicted octanol–water partition coefficient (Wildman–Crippen LogP) is 2.59. The number of carbonyl (C=O) groups is 1. The summed E-state index contributed by atoms with van der Waals surface area (Å²) in [7, 11) is 0. The number of H-pyrrole nitrogens is 1. The average molecular weight is 344 g/mol. The zero-order chi connectivity index (χ0) is 17.8. The first kappa shape index (κ1) is 15.8. The van der Waals surface area contributed by atoms with Gasteiger partial charge in [0.15, 0.2) is 5.82 Å². The number of nitrogens with one attached hydrogen (secondary N) is 2. The Bertz CT molecular complexity index is 1010. The Kier molecular flexibility index (Phi) is 4.26. The van der Waals surface area contributed by atoms with Gasteiger partial charge in [0, 0.05) is 17.3 Å². The SMILES string of the molecule is O=C(NCc1ccn(-c2ccccc2)n1)c1cccc(-c2ncn[nH]2)c1. The quantitative estimate of drug-likeness (QED) is 0.582. The van der Waals surface area contributed by atoms with Crippen molar-refractivity contribution in [2.45, 2.75) is 6.54 Å². The van der Waals surface area contributed by atoms with Crippen molar-refractivity contribution in [3.63, 3.8) is 0 Å². The lowest BCUT2D eigenvalue weighted by atomic mass is 10.1. The molecule has 0 unspecified atom stereocenters. The second-order valence-corrected chi connectivity index (χ2v) is 5.68. The molecule has 1 amide bonds. The number of hydrogen-bond acceptors (Lipinski definition) is 4. The van der Waals surface area contributed by atoms with E-state index in [-0.39, 0.29) is 5.91 Å². The first-order chi connectivity index (χ1) is 12.8. The minimum absolute atomic E-state index is 0.166. The predicted molar refractivity (Wildman–Crippen MR) is 96.6 cm³/mol. The molecule has 0 aliphatic rings. The topological polar surface area (TPSA) is 88.5 Å². The van der Waals surface area contributed by atoms with Crippen LogP contribution in [0.25, 0.3) is 17.1 Å². The van der Waals surface area contributed by atoms with Gasteiger partial charge < -0.3 is 5.32 Å². The third kappa shape index (κ3) is 3.36. The fraction of sp³-hybridized carbons (Fsp3) is 0.0526. The summed E-state index contributed by atoms with van der Waals surface area (Å²) in [5.41, 5.74) is 3.13. The summed E-state index contributed by atoms with van der Waals surface area (Å²) in [4.78, 5) is 16.5. The molecule has 0 radical (unpaired) electrons. The zero-order valence-corrected chi connectivity index (χ0v) is 13.8. The van der Waals surface area contributed by atoms with E-state index in [1.54, 1.807) is 16.8 Å². The van der Waals surface area contributed by atoms with Crippen LogP contribution in [0.4, 0.5) is 0 Å². The molecule has 26 heavy (non-hydrogen) atoms. The summed E-state index contributed by atoms with van der Waals surface area (Å²) in [6.45, 7) is 0.352. The summed E-state index contributed by atoms with van der Waals surface area (Å²) in [6.07, 6.45) is 3.31. The molecule has 2 aromatic heterocycles. The van der Waals surface area contributed by atoms with Crippen molar-refractivity contribution in [3.8, 4) is 17.1 Å². The normalized spacial score (nSPS) is 10.6. The van der Waals surface area contributed by atoms with Gasteiger partial charge in [0.05, 0.1) is 17.9 Å². The molecule has 0 atom stereocenters. The van der Waals surface area contributed by atoms with E-state index in [1.807, 2.05) is 54.7 Å². The lowest BCUT2D eigenvalue weighted by molar-refractivity contribution is 0.0950. The summed E-state index contributed by atoms with van der Waals surface area (Å²) >= 11 is 0. The first-order valence-electron chi connectivity index (χ1n) is 8.13. The van der Waals surface area contributed by atoms with Crippen molar-refractivity contribution in [2.75, 3.05) is 0 Å². The maximum atomic E-state index is 12.4. The van der Waals surface area contributed by atoms with E-state index in [0.717, 1.165) is 16.9 Å². The average Bonchev–Trinajstić information content (AvgIpc) is 3.39. The van der Waals surface area contributed by atoms with Gasteiger partial charge in [-0.15, -0.1) is 0 Å². The number of hydrogen-bond donors (Lipinski definition) is 2. The Hall–Kier alpha value is -3.74. The van der Waals surface area contributed by atoms with Gasteiger partial charge in [0.25, 0.3) is 5.91 Å². The van der Waals surface area contributed by atoms with E-state index in [9.17, 15) is 4.79 Å². The van der Waals surface area contributed by atoms with Gasteiger partial charge in [-0.3, -0.25) is 9.89 Å². The molecule has 0 saturated heterocycles. The second kappa shape index (κ2) is 7.02. The Morgan fingerprint density at radius 2 is 1.96 bits per heavy atom. The Balaban J connectivity index is 1.43. The third-order valence-corrected chi connectivity index (χ3v) is 3.91. The maximum absolute atomic E-state index is 12.4. The van der Waals surface area contributed by atoms with E-state index < -0.39 is 0 Å². The third-order valence-electron chi connectivity index (χ3n) is 3.91. The van der Waals surface area contributed by atoms with E-state index >= 15 is 0 Å². The molecule has 0 aliphatic carbocycles. The molecule has 7 nitrogen and oxygen atoms in total. The summed E-state index contributed by atoms with van der Waals surface area (Å²) < 4.78 is 1.78. The number of aromatic amines is 1. The van der Waals surface area contributed by atoms with Crippen molar-refractivity contribution in [1.29, 1.82) is 0 Å². The van der Waals surface area contributed by atoms with Crippen LogP contribution in [0.5, 0.6) is 0 Å². The van der Waals surface area contributed by atoms with Gasteiger partial charge in [-0.05, 0) is 30.3 Å². The van der Waals surface area contributed by atoms with Crippen LogP contribution in [0.1, 0.15) is 16.1 Å². The largest absolute Gasteiger partial charge is 0.346 e. The number of rotatable bonds is 5. The highest BCUT2D eigenvalue weighted by atomic mass is 16.1. The van der Waals surface area contributed by atoms with Crippen LogP contribution in [-0.2, 0) is 6.54 Å². The molecule has 4 rings (SSSR count). The zero-order valence-electron chi connectivity index (χ0n) is 13.8. The van der Waals surface area contributed by atoms with Crippen molar-refractivity contribution in [1.82, 2.24) is 30.3 Å². The number of benzene rings is 2. The van der Waals surface area contributed by atoms with Crippen LogP contribution in [0, 0.1) is 0 Å². The first-order valence-corrected chi connectivity index (χ1v) is 8.13. The van der Waals surface area contributed by atoms with Crippen LogP contribution in [0.15, 0.2) is 73.2 Å². The van der Waals surface area contributed by atoms with Crippen molar-refractivity contribution >= 4 is 5.91 Å². The standard InChI is InChI=1S/C19H16N6O/c26-19(15-6-4-5-14(11-15)18-21-13-22-23-18)20-12-16-9-10-25(24-16)17-7-2-1-3-8-17/h1-11,13H,12H2,(H,20,26)(H,21,22,23). The monoisotopic (exact) mass is 344 g/mol. The molecule has 128 valence electrons. The summed E-state index contributed by atoms with van der Waals surface area (Å²) in [6, 6.07) is 18.9. The van der Waals surface area contributed by atoms with E-state index in [0.29, 0.717) is 17.9 Å². The molecular weight excluding hydrogens is 328 g/mol.